The molecule has 3 aromatic heterocycles. The molecule has 0 aliphatic carbocycles. The van der Waals surface area contributed by atoms with Gasteiger partial charge in [-0.2, -0.15) is 4.37 Å². The number of nitrogens with one attached hydrogen (secondary N) is 1. The molecule has 6 rings (SSSR count). The van der Waals surface area contributed by atoms with Crippen molar-refractivity contribution in [2.24, 2.45) is 0 Å². The first-order chi connectivity index (χ1) is 19.3. The minimum Gasteiger partial charge on any atom is -0.455 e. The maximum atomic E-state index is 13.5. The summed E-state index contributed by atoms with van der Waals surface area (Å²) in [7, 11) is -3.19. The van der Waals surface area contributed by atoms with Gasteiger partial charge in [-0.05, 0) is 72.8 Å². The highest BCUT2D eigenvalue weighted by Gasteiger charge is 2.28. The number of piperidine rings is 1. The summed E-state index contributed by atoms with van der Waals surface area (Å²) in [5, 5.41) is 5.98. The SMILES string of the molecule is CS(=O)(=O)N1CCC(c2nsc(Nc3ccc(Sc4ccnc5ccsc45)cc3Oc3ccc(F)cc3)n2)CC1. The zero-order chi connectivity index (χ0) is 27.7. The van der Waals surface area contributed by atoms with Gasteiger partial charge in [0.1, 0.15) is 17.4 Å². The van der Waals surface area contributed by atoms with E-state index in [2.05, 4.69) is 14.7 Å². The fourth-order valence-corrected chi connectivity index (χ4v) is 7.90. The molecular formula is C27H24FN5O3S4. The van der Waals surface area contributed by atoms with E-state index in [4.69, 9.17) is 9.72 Å². The molecule has 0 atom stereocenters. The molecule has 2 aromatic carbocycles. The lowest BCUT2D eigenvalue weighted by Crippen LogP contribution is -2.37. The van der Waals surface area contributed by atoms with Crippen LogP contribution in [0.1, 0.15) is 24.6 Å². The lowest BCUT2D eigenvalue weighted by Gasteiger charge is -2.28. The van der Waals surface area contributed by atoms with Crippen LogP contribution < -0.4 is 10.1 Å². The van der Waals surface area contributed by atoms with E-state index in [0.29, 0.717) is 54.1 Å². The molecule has 40 heavy (non-hydrogen) atoms. The summed E-state index contributed by atoms with van der Waals surface area (Å²) in [5.74, 6) is 1.55. The molecule has 5 aromatic rings. The van der Waals surface area contributed by atoms with Crippen LogP contribution >= 0.6 is 34.6 Å². The maximum Gasteiger partial charge on any atom is 0.211 e. The number of aromatic nitrogens is 3. The van der Waals surface area contributed by atoms with Crippen molar-refractivity contribution in [1.29, 1.82) is 0 Å². The fourth-order valence-electron chi connectivity index (χ4n) is 4.45. The van der Waals surface area contributed by atoms with E-state index >= 15 is 0 Å². The molecule has 0 amide bonds. The second-order valence-electron chi connectivity index (χ2n) is 9.28. The third kappa shape index (κ3) is 6.13. The summed E-state index contributed by atoms with van der Waals surface area (Å²) < 4.78 is 50.6. The fraction of sp³-hybridized carbons (Fsp3) is 0.222. The molecule has 1 N–H and O–H groups in total. The van der Waals surface area contributed by atoms with Gasteiger partial charge in [0.2, 0.25) is 15.2 Å². The van der Waals surface area contributed by atoms with Gasteiger partial charge in [0, 0.05) is 46.5 Å². The standard InChI is InChI=1S/C27H24FN5O3S4/c1-40(34,35)33-13-9-17(10-14-33)26-31-27(39-32-26)30-21-7-6-20(16-23(21)36-19-4-2-18(28)3-5-19)38-24-8-12-29-22-11-15-37-25(22)24/h2-8,11-12,15-17H,9-10,13-14H2,1H3,(H,30,31,32). The van der Waals surface area contributed by atoms with Gasteiger partial charge in [-0.15, -0.1) is 11.3 Å². The van der Waals surface area contributed by atoms with E-state index in [-0.39, 0.29) is 11.7 Å². The summed E-state index contributed by atoms with van der Waals surface area (Å²) in [4.78, 5) is 11.2. The van der Waals surface area contributed by atoms with E-state index in [1.165, 1.54) is 34.2 Å². The molecule has 13 heteroatoms. The van der Waals surface area contributed by atoms with Crippen LogP contribution in [-0.2, 0) is 10.0 Å². The third-order valence-corrected chi connectivity index (χ3v) is 10.6. The van der Waals surface area contributed by atoms with Crippen molar-refractivity contribution in [1.82, 2.24) is 18.6 Å². The van der Waals surface area contributed by atoms with E-state index in [1.54, 1.807) is 41.4 Å². The van der Waals surface area contributed by atoms with Gasteiger partial charge >= 0.3 is 0 Å². The van der Waals surface area contributed by atoms with Gasteiger partial charge in [0.05, 0.1) is 22.2 Å². The molecule has 1 fully saturated rings. The number of nitrogens with zero attached hydrogens (tertiary/aromatic N) is 4. The van der Waals surface area contributed by atoms with Crippen LogP contribution in [0.25, 0.3) is 10.2 Å². The largest absolute Gasteiger partial charge is 0.455 e. The highest BCUT2D eigenvalue weighted by atomic mass is 32.2. The Morgan fingerprint density at radius 3 is 2.67 bits per heavy atom. The van der Waals surface area contributed by atoms with Crippen molar-refractivity contribution in [2.45, 2.75) is 28.6 Å². The third-order valence-electron chi connectivity index (χ3n) is 6.50. The summed E-state index contributed by atoms with van der Waals surface area (Å²) in [5.41, 5.74) is 1.66. The van der Waals surface area contributed by atoms with Crippen LogP contribution in [0.15, 0.2) is 76.0 Å². The summed E-state index contributed by atoms with van der Waals surface area (Å²) in [6, 6.07) is 15.8. The molecular weight excluding hydrogens is 590 g/mol. The minimum atomic E-state index is -3.19. The van der Waals surface area contributed by atoms with Crippen molar-refractivity contribution in [2.75, 3.05) is 24.7 Å². The van der Waals surface area contributed by atoms with Gasteiger partial charge < -0.3 is 10.1 Å². The summed E-state index contributed by atoms with van der Waals surface area (Å²) in [6.45, 7) is 0.936. The van der Waals surface area contributed by atoms with Crippen LogP contribution in [0.3, 0.4) is 0 Å². The number of halogens is 1. The zero-order valence-electron chi connectivity index (χ0n) is 21.3. The van der Waals surface area contributed by atoms with Gasteiger partial charge in [0.25, 0.3) is 0 Å². The van der Waals surface area contributed by atoms with Crippen LogP contribution in [-0.4, -0.2) is 46.4 Å². The van der Waals surface area contributed by atoms with Gasteiger partial charge in [-0.3, -0.25) is 4.98 Å². The van der Waals surface area contributed by atoms with Gasteiger partial charge in [-0.1, -0.05) is 11.8 Å². The van der Waals surface area contributed by atoms with Crippen molar-refractivity contribution in [3.05, 3.63) is 77.8 Å². The first-order valence-corrected chi connectivity index (χ1v) is 16.8. The molecule has 0 bridgehead atoms. The van der Waals surface area contributed by atoms with Crippen molar-refractivity contribution in [3.8, 4) is 11.5 Å². The Labute approximate surface area is 243 Å². The van der Waals surface area contributed by atoms with Crippen LogP contribution in [0.4, 0.5) is 15.2 Å². The number of benzene rings is 2. The first kappa shape index (κ1) is 27.1. The average molecular weight is 614 g/mol. The molecule has 1 aliphatic heterocycles. The second-order valence-corrected chi connectivity index (χ2v) is 14.0. The molecule has 0 spiro atoms. The zero-order valence-corrected chi connectivity index (χ0v) is 24.5. The average Bonchev–Trinajstić information content (AvgIpc) is 3.62. The minimum absolute atomic E-state index is 0.105. The predicted octanol–water partition coefficient (Wildman–Crippen LogP) is 7.11. The molecule has 4 heterocycles. The topological polar surface area (TPSA) is 97.3 Å². The molecule has 1 saturated heterocycles. The lowest BCUT2D eigenvalue weighted by molar-refractivity contribution is 0.316. The predicted molar refractivity (Wildman–Crippen MR) is 158 cm³/mol. The monoisotopic (exact) mass is 613 g/mol. The van der Waals surface area contributed by atoms with Crippen LogP contribution in [0, 0.1) is 5.82 Å². The Balaban J connectivity index is 1.24. The Kier molecular flexibility index (Phi) is 7.73. The molecule has 0 radical (unpaired) electrons. The summed E-state index contributed by atoms with van der Waals surface area (Å²) in [6.07, 6.45) is 4.41. The number of fused-ring (bicyclic) bond motifs is 1. The Morgan fingerprint density at radius 1 is 1.10 bits per heavy atom. The van der Waals surface area contributed by atoms with E-state index in [9.17, 15) is 12.8 Å². The highest BCUT2D eigenvalue weighted by Crippen LogP contribution is 2.41. The number of anilines is 2. The number of hydrogen-bond acceptors (Lipinski definition) is 10. The second kappa shape index (κ2) is 11.4. The van der Waals surface area contributed by atoms with Crippen molar-refractivity contribution < 1.29 is 17.5 Å². The van der Waals surface area contributed by atoms with Gasteiger partial charge in [-0.25, -0.2) is 22.1 Å². The van der Waals surface area contributed by atoms with Gasteiger partial charge in [0.15, 0.2) is 5.75 Å². The quantitative estimate of drug-likeness (QED) is 0.198. The Morgan fingerprint density at radius 2 is 1.90 bits per heavy atom. The molecule has 0 saturated carbocycles. The maximum absolute atomic E-state index is 13.5. The molecule has 0 unspecified atom stereocenters. The first-order valence-electron chi connectivity index (χ1n) is 12.4. The molecule has 206 valence electrons. The number of thiophene rings is 1. The van der Waals surface area contributed by atoms with Crippen LogP contribution in [0.2, 0.25) is 0 Å². The number of sulfonamides is 1. The number of rotatable bonds is 8. The number of hydrogen-bond donors (Lipinski definition) is 1. The Hall–Kier alpha value is -3.10. The summed E-state index contributed by atoms with van der Waals surface area (Å²) >= 11 is 4.52. The smallest absolute Gasteiger partial charge is 0.211 e. The molecule has 1 aliphatic rings. The number of ether oxygens (including phenoxy) is 1. The Bertz CT molecular complexity index is 1750. The molecule has 8 nitrogen and oxygen atoms in total. The van der Waals surface area contributed by atoms with E-state index in [0.717, 1.165) is 20.0 Å². The van der Waals surface area contributed by atoms with Crippen LogP contribution in [0.5, 0.6) is 11.5 Å². The van der Waals surface area contributed by atoms with Crippen molar-refractivity contribution in [3.63, 3.8) is 0 Å². The van der Waals surface area contributed by atoms with Crippen molar-refractivity contribution >= 4 is 65.7 Å². The van der Waals surface area contributed by atoms with E-state index in [1.807, 2.05) is 35.7 Å². The normalized spacial score (nSPS) is 14.9. The highest BCUT2D eigenvalue weighted by molar-refractivity contribution is 7.99. The lowest BCUT2D eigenvalue weighted by atomic mass is 9.98. The van der Waals surface area contributed by atoms with E-state index < -0.39 is 10.0 Å². The number of pyridine rings is 1.